The van der Waals surface area contributed by atoms with Crippen LogP contribution >= 0.6 is 35.6 Å². The Labute approximate surface area is 178 Å². The van der Waals surface area contributed by atoms with Crippen LogP contribution in [0.3, 0.4) is 0 Å². The normalized spacial score (nSPS) is 12.5. The van der Waals surface area contributed by atoms with E-state index in [1.807, 2.05) is 36.0 Å². The highest BCUT2D eigenvalue weighted by atomic mass is 127. The maximum absolute atomic E-state index is 6.29. The van der Waals surface area contributed by atoms with Gasteiger partial charge < -0.3 is 10.6 Å². The summed E-state index contributed by atoms with van der Waals surface area (Å²) in [7, 11) is 3.79. The number of guanidine groups is 1. The molecule has 0 fully saturated rings. The van der Waals surface area contributed by atoms with Crippen molar-refractivity contribution in [3.8, 4) is 0 Å². The van der Waals surface area contributed by atoms with Gasteiger partial charge in [-0.1, -0.05) is 43.6 Å². The van der Waals surface area contributed by atoms with Crippen molar-refractivity contribution in [2.45, 2.75) is 46.2 Å². The lowest BCUT2D eigenvalue weighted by molar-refractivity contribution is 0.681. The molecule has 1 aromatic carbocycles. The SMILES string of the molecule is CCc1nn(C)c(CC)c1CNC(=NC)NC(C)c1ccccc1Cl.I. The molecular weight excluding hydrogens is 461 g/mol. The Morgan fingerprint density at radius 2 is 1.96 bits per heavy atom. The maximum Gasteiger partial charge on any atom is 0.191 e. The molecule has 1 heterocycles. The summed E-state index contributed by atoms with van der Waals surface area (Å²) in [6.45, 7) is 7.08. The van der Waals surface area contributed by atoms with Gasteiger partial charge in [-0.25, -0.2) is 0 Å². The second-order valence-electron chi connectivity index (χ2n) is 6.02. The van der Waals surface area contributed by atoms with Crippen LogP contribution in [0.4, 0.5) is 0 Å². The Balaban J connectivity index is 0.00000338. The predicted molar refractivity (Wildman–Crippen MR) is 121 cm³/mol. The zero-order chi connectivity index (χ0) is 18.4. The zero-order valence-electron chi connectivity index (χ0n) is 16.1. The highest BCUT2D eigenvalue weighted by Crippen LogP contribution is 2.22. The number of hydrogen-bond acceptors (Lipinski definition) is 2. The molecule has 1 atom stereocenters. The lowest BCUT2D eigenvalue weighted by atomic mass is 10.1. The first kappa shape index (κ1) is 22.8. The van der Waals surface area contributed by atoms with Crippen molar-refractivity contribution in [2.24, 2.45) is 12.0 Å². The molecule has 1 unspecified atom stereocenters. The van der Waals surface area contributed by atoms with Crippen LogP contribution < -0.4 is 10.6 Å². The highest BCUT2D eigenvalue weighted by Gasteiger charge is 2.15. The third-order valence-electron chi connectivity index (χ3n) is 4.41. The first-order valence-corrected chi connectivity index (χ1v) is 9.14. The Hall–Kier alpha value is -1.28. The molecule has 0 amide bonds. The lowest BCUT2D eigenvalue weighted by Gasteiger charge is -2.19. The van der Waals surface area contributed by atoms with Crippen molar-refractivity contribution in [1.29, 1.82) is 0 Å². The summed E-state index contributed by atoms with van der Waals surface area (Å²) in [6.07, 6.45) is 1.88. The molecule has 7 heteroatoms. The molecule has 1 aromatic heterocycles. The van der Waals surface area contributed by atoms with Crippen molar-refractivity contribution in [3.63, 3.8) is 0 Å². The topological polar surface area (TPSA) is 54.2 Å². The Kier molecular flexibility index (Phi) is 9.43. The van der Waals surface area contributed by atoms with Crippen LogP contribution in [0.1, 0.15) is 49.3 Å². The summed E-state index contributed by atoms with van der Waals surface area (Å²) in [4.78, 5) is 4.34. The molecule has 0 aliphatic carbocycles. The molecule has 2 aromatic rings. The molecule has 2 rings (SSSR count). The molecular formula is C19H29ClIN5. The number of benzene rings is 1. The van der Waals surface area contributed by atoms with E-state index in [0.717, 1.165) is 35.1 Å². The number of halogens is 2. The number of hydrogen-bond donors (Lipinski definition) is 2. The van der Waals surface area contributed by atoms with Gasteiger partial charge in [-0.05, 0) is 31.4 Å². The minimum absolute atomic E-state index is 0. The van der Waals surface area contributed by atoms with Gasteiger partial charge in [-0.2, -0.15) is 5.10 Å². The molecule has 0 spiro atoms. The summed E-state index contributed by atoms with van der Waals surface area (Å²) in [5, 5.41) is 12.2. The summed E-state index contributed by atoms with van der Waals surface area (Å²) >= 11 is 6.29. The van der Waals surface area contributed by atoms with E-state index in [1.165, 1.54) is 11.3 Å². The summed E-state index contributed by atoms with van der Waals surface area (Å²) in [5.74, 6) is 0.750. The Morgan fingerprint density at radius 3 is 2.54 bits per heavy atom. The number of aliphatic imine (C=N–C) groups is 1. The summed E-state index contributed by atoms with van der Waals surface area (Å²) in [6, 6.07) is 7.92. The molecule has 5 nitrogen and oxygen atoms in total. The summed E-state index contributed by atoms with van der Waals surface area (Å²) < 4.78 is 1.98. The van der Waals surface area contributed by atoms with E-state index in [1.54, 1.807) is 7.05 Å². The summed E-state index contributed by atoms with van der Waals surface area (Å²) in [5.41, 5.74) is 4.72. The minimum atomic E-state index is 0. The highest BCUT2D eigenvalue weighted by molar-refractivity contribution is 14.0. The third-order valence-corrected chi connectivity index (χ3v) is 4.75. The molecule has 0 bridgehead atoms. The standard InChI is InChI=1S/C19H28ClN5.HI/c1-6-17-15(18(7-2)25(5)24-17)12-22-19(21-4)23-13(3)14-10-8-9-11-16(14)20;/h8-11,13H,6-7,12H2,1-5H3,(H2,21,22,23);1H. The minimum Gasteiger partial charge on any atom is -0.352 e. The first-order chi connectivity index (χ1) is 12.0. The van der Waals surface area contributed by atoms with Crippen molar-refractivity contribution >= 4 is 41.5 Å². The number of nitrogens with one attached hydrogen (secondary N) is 2. The van der Waals surface area contributed by atoms with Crippen molar-refractivity contribution in [2.75, 3.05) is 7.05 Å². The quantitative estimate of drug-likeness (QED) is 0.362. The van der Waals surface area contributed by atoms with Gasteiger partial charge in [-0.15, -0.1) is 24.0 Å². The Bertz CT molecular complexity index is 742. The number of aryl methyl sites for hydroxylation is 2. The molecule has 2 N–H and O–H groups in total. The van der Waals surface area contributed by atoms with Gasteiger partial charge in [0.05, 0.1) is 11.7 Å². The van der Waals surface area contributed by atoms with E-state index in [0.29, 0.717) is 6.54 Å². The van der Waals surface area contributed by atoms with Crippen molar-refractivity contribution in [1.82, 2.24) is 20.4 Å². The fraction of sp³-hybridized carbons (Fsp3) is 0.474. The van der Waals surface area contributed by atoms with Crippen LogP contribution in [-0.4, -0.2) is 22.8 Å². The largest absolute Gasteiger partial charge is 0.352 e. The lowest BCUT2D eigenvalue weighted by Crippen LogP contribution is -2.38. The maximum atomic E-state index is 6.29. The second kappa shape index (κ2) is 10.8. The number of rotatable bonds is 6. The molecule has 144 valence electrons. The molecule has 0 saturated carbocycles. The van der Waals surface area contributed by atoms with E-state index >= 15 is 0 Å². The molecule has 0 radical (unpaired) electrons. The van der Waals surface area contributed by atoms with Gasteiger partial charge in [0.25, 0.3) is 0 Å². The molecule has 0 saturated heterocycles. The fourth-order valence-corrected chi connectivity index (χ4v) is 3.37. The van der Waals surface area contributed by atoms with E-state index in [4.69, 9.17) is 11.6 Å². The van der Waals surface area contributed by atoms with E-state index in [2.05, 4.69) is 41.5 Å². The molecule has 26 heavy (non-hydrogen) atoms. The number of aromatic nitrogens is 2. The second-order valence-corrected chi connectivity index (χ2v) is 6.42. The van der Waals surface area contributed by atoms with E-state index in [-0.39, 0.29) is 30.0 Å². The van der Waals surface area contributed by atoms with Gasteiger partial charge in [0.2, 0.25) is 0 Å². The van der Waals surface area contributed by atoms with Crippen LogP contribution in [0.5, 0.6) is 0 Å². The number of nitrogens with zero attached hydrogens (tertiary/aromatic N) is 3. The monoisotopic (exact) mass is 489 g/mol. The van der Waals surface area contributed by atoms with Crippen LogP contribution in [0.2, 0.25) is 5.02 Å². The third kappa shape index (κ3) is 5.36. The van der Waals surface area contributed by atoms with Gasteiger partial charge in [0.1, 0.15) is 0 Å². The average molecular weight is 490 g/mol. The van der Waals surface area contributed by atoms with Crippen LogP contribution in [0.25, 0.3) is 0 Å². The van der Waals surface area contributed by atoms with Gasteiger partial charge in [0.15, 0.2) is 5.96 Å². The van der Waals surface area contributed by atoms with Gasteiger partial charge in [0, 0.05) is 36.9 Å². The molecule has 0 aliphatic rings. The van der Waals surface area contributed by atoms with Gasteiger partial charge >= 0.3 is 0 Å². The van der Waals surface area contributed by atoms with E-state index < -0.39 is 0 Å². The van der Waals surface area contributed by atoms with Crippen LogP contribution in [0, 0.1) is 0 Å². The zero-order valence-corrected chi connectivity index (χ0v) is 19.2. The Morgan fingerprint density at radius 1 is 1.27 bits per heavy atom. The van der Waals surface area contributed by atoms with E-state index in [9.17, 15) is 0 Å². The smallest absolute Gasteiger partial charge is 0.191 e. The first-order valence-electron chi connectivity index (χ1n) is 8.76. The van der Waals surface area contributed by atoms with Gasteiger partial charge in [-0.3, -0.25) is 9.67 Å². The fourth-order valence-electron chi connectivity index (χ4n) is 3.07. The van der Waals surface area contributed by atoms with Crippen LogP contribution in [-0.2, 0) is 26.4 Å². The average Bonchev–Trinajstić information content (AvgIpc) is 2.93. The van der Waals surface area contributed by atoms with Crippen molar-refractivity contribution in [3.05, 3.63) is 51.8 Å². The van der Waals surface area contributed by atoms with Crippen LogP contribution in [0.15, 0.2) is 29.3 Å². The van der Waals surface area contributed by atoms with Crippen molar-refractivity contribution < 1.29 is 0 Å². The predicted octanol–water partition coefficient (Wildman–Crippen LogP) is 4.24. The molecule has 0 aliphatic heterocycles.